The molecule has 2 rings (SSSR count). The van der Waals surface area contributed by atoms with Gasteiger partial charge in [-0.2, -0.15) is 0 Å². The zero-order chi connectivity index (χ0) is 13.8. The van der Waals surface area contributed by atoms with E-state index in [0.717, 1.165) is 15.8 Å². The number of pyridine rings is 1. The van der Waals surface area contributed by atoms with Gasteiger partial charge in [-0.15, -0.1) is 0 Å². The second-order valence-corrected chi connectivity index (χ2v) is 5.89. The minimum atomic E-state index is 0.535. The average molecular weight is 320 g/mol. The fourth-order valence-electron chi connectivity index (χ4n) is 2.09. The van der Waals surface area contributed by atoms with E-state index in [1.165, 1.54) is 11.1 Å². The first-order valence-corrected chi connectivity index (χ1v) is 7.18. The summed E-state index contributed by atoms with van der Waals surface area (Å²) in [4.78, 5) is 4.12. The number of nitrogens with zero attached hydrogens (tertiary/aromatic N) is 1. The number of rotatable bonds is 4. The zero-order valence-corrected chi connectivity index (χ0v) is 13.1. The lowest BCUT2D eigenvalue weighted by molar-refractivity contribution is 0.305. The van der Waals surface area contributed by atoms with Gasteiger partial charge in [0.25, 0.3) is 0 Å². The first-order chi connectivity index (χ1) is 9.06. The number of aromatic nitrogens is 1. The van der Waals surface area contributed by atoms with E-state index < -0.39 is 0 Å². The largest absolute Gasteiger partial charge is 0.489 e. The summed E-state index contributed by atoms with van der Waals surface area (Å²) in [5.41, 5.74) is 3.70. The van der Waals surface area contributed by atoms with Crippen LogP contribution in [0.15, 0.2) is 41.1 Å². The van der Waals surface area contributed by atoms with E-state index in [9.17, 15) is 0 Å². The number of hydrogen-bond donors (Lipinski definition) is 0. The van der Waals surface area contributed by atoms with Crippen LogP contribution in [0.1, 0.15) is 36.5 Å². The lowest BCUT2D eigenvalue weighted by Crippen LogP contribution is -1.98. The highest BCUT2D eigenvalue weighted by molar-refractivity contribution is 9.10. The van der Waals surface area contributed by atoms with E-state index in [1.54, 1.807) is 6.20 Å². The fraction of sp³-hybridized carbons (Fsp3) is 0.312. The van der Waals surface area contributed by atoms with E-state index in [2.05, 4.69) is 53.8 Å². The van der Waals surface area contributed by atoms with Crippen molar-refractivity contribution in [1.82, 2.24) is 4.98 Å². The van der Waals surface area contributed by atoms with E-state index in [0.29, 0.717) is 12.5 Å². The highest BCUT2D eigenvalue weighted by Gasteiger charge is 2.05. The minimum absolute atomic E-state index is 0.535. The molecular formula is C16H18BrNO. The van der Waals surface area contributed by atoms with Gasteiger partial charge in [-0.3, -0.25) is 4.98 Å². The molecule has 1 aromatic heterocycles. The Morgan fingerprint density at radius 1 is 1.21 bits per heavy atom. The van der Waals surface area contributed by atoms with Crippen molar-refractivity contribution < 1.29 is 4.74 Å². The molecule has 0 radical (unpaired) electrons. The number of halogens is 1. The Morgan fingerprint density at radius 3 is 2.63 bits per heavy atom. The third-order valence-electron chi connectivity index (χ3n) is 3.03. The van der Waals surface area contributed by atoms with Crippen molar-refractivity contribution in [1.29, 1.82) is 0 Å². The van der Waals surface area contributed by atoms with Crippen molar-refractivity contribution in [3.8, 4) is 5.75 Å². The lowest BCUT2D eigenvalue weighted by Gasteiger charge is -2.12. The Hall–Kier alpha value is -1.35. The molecule has 1 heterocycles. The number of aryl methyl sites for hydroxylation is 1. The molecule has 0 saturated heterocycles. The zero-order valence-electron chi connectivity index (χ0n) is 11.5. The molecule has 2 nitrogen and oxygen atoms in total. The third kappa shape index (κ3) is 3.80. The summed E-state index contributed by atoms with van der Waals surface area (Å²) in [5, 5.41) is 0. The molecule has 19 heavy (non-hydrogen) atoms. The van der Waals surface area contributed by atoms with Crippen LogP contribution in [-0.4, -0.2) is 4.98 Å². The Morgan fingerprint density at radius 2 is 2.00 bits per heavy atom. The van der Waals surface area contributed by atoms with Gasteiger partial charge in [-0.05, 0) is 58.1 Å². The van der Waals surface area contributed by atoms with Crippen LogP contribution in [0.2, 0.25) is 0 Å². The Labute approximate surface area is 123 Å². The van der Waals surface area contributed by atoms with Gasteiger partial charge >= 0.3 is 0 Å². The van der Waals surface area contributed by atoms with Crippen LogP contribution in [0, 0.1) is 6.92 Å². The van der Waals surface area contributed by atoms with E-state index in [1.807, 2.05) is 18.3 Å². The van der Waals surface area contributed by atoms with Gasteiger partial charge in [0.2, 0.25) is 0 Å². The first-order valence-electron chi connectivity index (χ1n) is 6.39. The highest BCUT2D eigenvalue weighted by Crippen LogP contribution is 2.24. The predicted octanol–water partition coefficient (Wildman–Crippen LogP) is 4.85. The van der Waals surface area contributed by atoms with E-state index in [-0.39, 0.29) is 0 Å². The van der Waals surface area contributed by atoms with Crippen LogP contribution in [0.5, 0.6) is 5.75 Å². The maximum absolute atomic E-state index is 5.80. The van der Waals surface area contributed by atoms with E-state index >= 15 is 0 Å². The van der Waals surface area contributed by atoms with Crippen LogP contribution < -0.4 is 4.74 Å². The monoisotopic (exact) mass is 319 g/mol. The second kappa shape index (κ2) is 6.20. The van der Waals surface area contributed by atoms with Gasteiger partial charge < -0.3 is 4.74 Å². The smallest absolute Gasteiger partial charge is 0.120 e. The second-order valence-electron chi connectivity index (χ2n) is 4.97. The molecule has 0 saturated carbocycles. The van der Waals surface area contributed by atoms with Crippen molar-refractivity contribution in [2.24, 2.45) is 0 Å². The van der Waals surface area contributed by atoms with E-state index in [4.69, 9.17) is 4.74 Å². The number of hydrogen-bond acceptors (Lipinski definition) is 2. The third-order valence-corrected chi connectivity index (χ3v) is 3.46. The van der Waals surface area contributed by atoms with Crippen molar-refractivity contribution in [3.05, 3.63) is 57.8 Å². The number of ether oxygens (including phenoxy) is 1. The summed E-state index contributed by atoms with van der Waals surface area (Å²) >= 11 is 3.41. The minimum Gasteiger partial charge on any atom is -0.489 e. The Kier molecular flexibility index (Phi) is 4.59. The molecule has 100 valence electrons. The van der Waals surface area contributed by atoms with Gasteiger partial charge in [0, 0.05) is 22.4 Å². The molecule has 0 atom stereocenters. The fourth-order valence-corrected chi connectivity index (χ4v) is 2.50. The summed E-state index contributed by atoms with van der Waals surface area (Å²) < 4.78 is 6.77. The SMILES string of the molecule is Cc1cc(OCc2cncc(Br)c2)ccc1C(C)C. The molecule has 0 aliphatic carbocycles. The van der Waals surface area contributed by atoms with Crippen LogP contribution in [0.25, 0.3) is 0 Å². The van der Waals surface area contributed by atoms with Crippen LogP contribution in [0.3, 0.4) is 0 Å². The molecule has 0 aliphatic heterocycles. The molecule has 0 N–H and O–H groups in total. The van der Waals surface area contributed by atoms with Crippen molar-refractivity contribution in [2.75, 3.05) is 0 Å². The summed E-state index contributed by atoms with van der Waals surface area (Å²) in [7, 11) is 0. The quantitative estimate of drug-likeness (QED) is 0.803. The molecule has 0 fully saturated rings. The number of benzene rings is 1. The molecule has 0 bridgehead atoms. The summed E-state index contributed by atoms with van der Waals surface area (Å²) in [6, 6.07) is 8.30. The molecule has 0 spiro atoms. The van der Waals surface area contributed by atoms with Crippen molar-refractivity contribution in [3.63, 3.8) is 0 Å². The van der Waals surface area contributed by atoms with Crippen molar-refractivity contribution >= 4 is 15.9 Å². The summed E-state index contributed by atoms with van der Waals surface area (Å²) in [5.74, 6) is 1.45. The molecule has 0 unspecified atom stereocenters. The lowest BCUT2D eigenvalue weighted by atomic mass is 9.98. The Balaban J connectivity index is 2.06. The maximum atomic E-state index is 5.80. The topological polar surface area (TPSA) is 22.1 Å². The predicted molar refractivity (Wildman–Crippen MR) is 81.5 cm³/mol. The molecule has 0 aliphatic rings. The van der Waals surface area contributed by atoms with Crippen LogP contribution >= 0.6 is 15.9 Å². The summed E-state index contributed by atoms with van der Waals surface area (Å²) in [6.45, 7) is 7.07. The standard InChI is InChI=1S/C16H18BrNO/c1-11(2)16-5-4-15(6-12(16)3)19-10-13-7-14(17)9-18-8-13/h4-9,11H,10H2,1-3H3. The van der Waals surface area contributed by atoms with Gasteiger partial charge in [-0.25, -0.2) is 0 Å². The molecular weight excluding hydrogens is 302 g/mol. The Bertz CT molecular complexity index is 566. The van der Waals surface area contributed by atoms with Crippen LogP contribution in [0.4, 0.5) is 0 Å². The normalized spacial score (nSPS) is 10.8. The maximum Gasteiger partial charge on any atom is 0.120 e. The van der Waals surface area contributed by atoms with Crippen molar-refractivity contribution in [2.45, 2.75) is 33.3 Å². The molecule has 3 heteroatoms. The van der Waals surface area contributed by atoms with Gasteiger partial charge in [0.15, 0.2) is 0 Å². The molecule has 2 aromatic rings. The molecule has 0 amide bonds. The van der Waals surface area contributed by atoms with Gasteiger partial charge in [-0.1, -0.05) is 19.9 Å². The van der Waals surface area contributed by atoms with Crippen LogP contribution in [-0.2, 0) is 6.61 Å². The highest BCUT2D eigenvalue weighted by atomic mass is 79.9. The first kappa shape index (κ1) is 14.1. The van der Waals surface area contributed by atoms with Gasteiger partial charge in [0.1, 0.15) is 12.4 Å². The summed E-state index contributed by atoms with van der Waals surface area (Å²) in [6.07, 6.45) is 3.59. The molecule has 1 aromatic carbocycles. The average Bonchev–Trinajstić information content (AvgIpc) is 2.36. The van der Waals surface area contributed by atoms with Gasteiger partial charge in [0.05, 0.1) is 0 Å².